The molecule has 4 nitrogen and oxygen atoms in total. The maximum atomic E-state index is 12.6. The van der Waals surface area contributed by atoms with Crippen LogP contribution in [0.3, 0.4) is 0 Å². The molecule has 14 heavy (non-hydrogen) atoms. The van der Waals surface area contributed by atoms with Crippen molar-refractivity contribution in [3.05, 3.63) is 23.8 Å². The maximum Gasteiger partial charge on any atom is 0.488 e. The van der Waals surface area contributed by atoms with Crippen molar-refractivity contribution in [2.45, 2.75) is 0 Å². The molecule has 0 radical (unpaired) electrons. The van der Waals surface area contributed by atoms with E-state index in [0.717, 1.165) is 0 Å². The van der Waals surface area contributed by atoms with Gasteiger partial charge >= 0.3 is 14.2 Å². The summed E-state index contributed by atoms with van der Waals surface area (Å²) in [5, 5.41) is 34.9. The van der Waals surface area contributed by atoms with Crippen LogP contribution in [-0.2, 0) is 0 Å². The van der Waals surface area contributed by atoms with Crippen LogP contribution in [0.15, 0.2) is 12.1 Å². The highest BCUT2D eigenvalue weighted by Gasteiger charge is 2.25. The summed E-state index contributed by atoms with van der Waals surface area (Å²) in [6, 6.07) is 0.990. The van der Waals surface area contributed by atoms with E-state index >= 15 is 0 Å². The molecule has 0 aliphatic rings. The minimum absolute atomic E-state index is 0.487. The molecule has 0 spiro atoms. The van der Waals surface area contributed by atoms with Crippen molar-refractivity contribution in [2.24, 2.45) is 0 Å². The smallest absolute Gasteiger partial charge is 0.423 e. The Bertz CT molecular complexity index is 312. The predicted molar refractivity (Wildman–Crippen MR) is 46.0 cm³/mol. The SMILES string of the molecule is OB(O)c1cc(F)c(F)cc1B(O)O. The third kappa shape index (κ3) is 2.10. The Morgan fingerprint density at radius 3 is 1.29 bits per heavy atom. The van der Waals surface area contributed by atoms with Gasteiger partial charge in [0, 0.05) is 0 Å². The fraction of sp³-hybridized carbons (Fsp3) is 0. The van der Waals surface area contributed by atoms with Crippen molar-refractivity contribution in [1.29, 1.82) is 0 Å². The van der Waals surface area contributed by atoms with E-state index in [0.29, 0.717) is 12.1 Å². The summed E-state index contributed by atoms with van der Waals surface area (Å²) in [6.07, 6.45) is 0. The Hall–Kier alpha value is -0.950. The minimum Gasteiger partial charge on any atom is -0.423 e. The molecular weight excluding hydrogens is 196 g/mol. The van der Waals surface area contributed by atoms with Crippen LogP contribution in [-0.4, -0.2) is 34.3 Å². The van der Waals surface area contributed by atoms with Crippen LogP contribution >= 0.6 is 0 Å². The van der Waals surface area contributed by atoms with Gasteiger partial charge in [0.05, 0.1) is 0 Å². The van der Waals surface area contributed by atoms with E-state index in [2.05, 4.69) is 0 Å². The highest BCUT2D eigenvalue weighted by atomic mass is 19.2. The molecule has 0 heterocycles. The van der Waals surface area contributed by atoms with Crippen LogP contribution in [0, 0.1) is 11.6 Å². The van der Waals surface area contributed by atoms with Gasteiger partial charge in [-0.05, 0) is 23.1 Å². The van der Waals surface area contributed by atoms with E-state index in [9.17, 15) is 8.78 Å². The van der Waals surface area contributed by atoms with Gasteiger partial charge in [-0.3, -0.25) is 0 Å². The molecule has 0 amide bonds. The Morgan fingerprint density at radius 1 is 0.786 bits per heavy atom. The normalized spacial score (nSPS) is 10.1. The monoisotopic (exact) mass is 202 g/mol. The Kier molecular flexibility index (Phi) is 3.22. The van der Waals surface area contributed by atoms with Crippen molar-refractivity contribution in [2.75, 3.05) is 0 Å². The predicted octanol–water partition coefficient (Wildman–Crippen LogP) is -2.68. The maximum absolute atomic E-state index is 12.6. The molecular formula is C6H6B2F2O4. The second-order valence-electron chi connectivity index (χ2n) is 2.64. The molecule has 4 N–H and O–H groups in total. The second kappa shape index (κ2) is 4.05. The van der Waals surface area contributed by atoms with Crippen LogP contribution in [0.4, 0.5) is 8.78 Å². The molecule has 0 saturated carbocycles. The molecule has 0 saturated heterocycles. The van der Waals surface area contributed by atoms with Gasteiger partial charge < -0.3 is 20.1 Å². The van der Waals surface area contributed by atoms with Gasteiger partial charge in [-0.1, -0.05) is 0 Å². The summed E-state index contributed by atoms with van der Waals surface area (Å²) in [7, 11) is -4.19. The topological polar surface area (TPSA) is 80.9 Å². The molecule has 0 bridgehead atoms. The first-order valence-electron chi connectivity index (χ1n) is 3.64. The van der Waals surface area contributed by atoms with Crippen LogP contribution in [0.1, 0.15) is 0 Å². The number of rotatable bonds is 2. The number of hydrogen-bond acceptors (Lipinski definition) is 4. The van der Waals surface area contributed by atoms with Crippen molar-refractivity contribution in [3.63, 3.8) is 0 Å². The fourth-order valence-electron chi connectivity index (χ4n) is 1.02. The van der Waals surface area contributed by atoms with Crippen LogP contribution in [0.5, 0.6) is 0 Å². The quantitative estimate of drug-likeness (QED) is 0.394. The van der Waals surface area contributed by atoms with Gasteiger partial charge in [-0.2, -0.15) is 0 Å². The highest BCUT2D eigenvalue weighted by molar-refractivity contribution is 6.71. The average molecular weight is 202 g/mol. The summed E-state index contributed by atoms with van der Waals surface area (Å²) in [5.74, 6) is -2.59. The zero-order valence-electron chi connectivity index (χ0n) is 6.85. The molecule has 1 aromatic carbocycles. The lowest BCUT2D eigenvalue weighted by Crippen LogP contribution is -2.50. The van der Waals surface area contributed by atoms with E-state index in [1.807, 2.05) is 0 Å². The van der Waals surface area contributed by atoms with Crippen molar-refractivity contribution in [1.82, 2.24) is 0 Å². The van der Waals surface area contributed by atoms with Gasteiger partial charge in [-0.15, -0.1) is 0 Å². The van der Waals surface area contributed by atoms with Crippen molar-refractivity contribution < 1.29 is 28.9 Å². The van der Waals surface area contributed by atoms with E-state index in [-0.39, 0.29) is 0 Å². The highest BCUT2D eigenvalue weighted by Crippen LogP contribution is 2.01. The number of benzene rings is 1. The standard InChI is InChI=1S/C6H6B2F2O4/c9-5-1-3(7(11)12)4(8(13)14)2-6(5)10/h1-2,11-14H. The number of halogens is 2. The lowest BCUT2D eigenvalue weighted by Gasteiger charge is -2.08. The molecule has 0 aliphatic carbocycles. The lowest BCUT2D eigenvalue weighted by molar-refractivity contribution is 0.418. The second-order valence-corrected chi connectivity index (χ2v) is 2.64. The molecule has 1 aromatic rings. The average Bonchev–Trinajstić information content (AvgIpc) is 2.08. The third-order valence-electron chi connectivity index (χ3n) is 1.68. The van der Waals surface area contributed by atoms with E-state index in [4.69, 9.17) is 20.1 Å². The zero-order valence-corrected chi connectivity index (χ0v) is 6.85. The summed E-state index contributed by atoms with van der Waals surface area (Å²) >= 11 is 0. The third-order valence-corrected chi connectivity index (χ3v) is 1.68. The molecule has 0 fully saturated rings. The Labute approximate surface area is 78.7 Å². The molecule has 74 valence electrons. The summed E-state index contributed by atoms with van der Waals surface area (Å²) in [4.78, 5) is 0. The van der Waals surface area contributed by atoms with Gasteiger partial charge in [0.15, 0.2) is 11.6 Å². The molecule has 8 heteroatoms. The van der Waals surface area contributed by atoms with Crippen molar-refractivity contribution >= 4 is 25.2 Å². The van der Waals surface area contributed by atoms with E-state index < -0.39 is 36.8 Å². The molecule has 0 unspecified atom stereocenters. The molecule has 0 aromatic heterocycles. The van der Waals surface area contributed by atoms with Gasteiger partial charge in [0.2, 0.25) is 0 Å². The minimum atomic E-state index is -2.10. The number of hydrogen-bond donors (Lipinski definition) is 4. The first-order valence-corrected chi connectivity index (χ1v) is 3.64. The van der Waals surface area contributed by atoms with Crippen LogP contribution in [0.2, 0.25) is 0 Å². The van der Waals surface area contributed by atoms with Gasteiger partial charge in [-0.25, -0.2) is 8.78 Å². The van der Waals surface area contributed by atoms with Crippen LogP contribution < -0.4 is 10.9 Å². The summed E-state index contributed by atoms with van der Waals surface area (Å²) in [6.45, 7) is 0. The molecule has 1 rings (SSSR count). The van der Waals surface area contributed by atoms with Gasteiger partial charge in [0.1, 0.15) is 0 Å². The fourth-order valence-corrected chi connectivity index (χ4v) is 1.02. The summed E-state index contributed by atoms with van der Waals surface area (Å²) < 4.78 is 25.2. The van der Waals surface area contributed by atoms with Crippen molar-refractivity contribution in [3.8, 4) is 0 Å². The Balaban J connectivity index is 3.31. The molecule has 0 atom stereocenters. The first kappa shape index (κ1) is 11.1. The summed E-state index contributed by atoms with van der Waals surface area (Å²) in [5.41, 5.74) is -0.974. The van der Waals surface area contributed by atoms with E-state index in [1.165, 1.54) is 0 Å². The zero-order chi connectivity index (χ0) is 10.9. The van der Waals surface area contributed by atoms with Crippen LogP contribution in [0.25, 0.3) is 0 Å². The van der Waals surface area contributed by atoms with E-state index in [1.54, 1.807) is 0 Å². The molecule has 0 aliphatic heterocycles. The largest absolute Gasteiger partial charge is 0.488 e. The van der Waals surface area contributed by atoms with Gasteiger partial charge in [0.25, 0.3) is 0 Å². The first-order chi connectivity index (χ1) is 6.43. The Morgan fingerprint density at radius 2 is 1.07 bits per heavy atom. The lowest BCUT2D eigenvalue weighted by atomic mass is 9.66.